The lowest BCUT2D eigenvalue weighted by molar-refractivity contribution is 0.404. The maximum atomic E-state index is 9.46. The van der Waals surface area contributed by atoms with Crippen LogP contribution in [-0.4, -0.2) is 21.2 Å². The quantitative estimate of drug-likeness (QED) is 0.743. The molecule has 1 aromatic heterocycles. The molecule has 2 rings (SSSR count). The molecule has 3 N–H and O–H groups in total. The van der Waals surface area contributed by atoms with E-state index in [-0.39, 0.29) is 11.5 Å². The monoisotopic (exact) mass is 264 g/mol. The minimum Gasteiger partial charge on any atom is -0.504 e. The highest BCUT2D eigenvalue weighted by Gasteiger charge is 2.07. The van der Waals surface area contributed by atoms with Gasteiger partial charge in [-0.2, -0.15) is 0 Å². The van der Waals surface area contributed by atoms with Gasteiger partial charge in [0.15, 0.2) is 11.5 Å². The van der Waals surface area contributed by atoms with Crippen molar-refractivity contribution in [3.8, 4) is 22.1 Å². The number of phenols is 2. The molecule has 2 aromatic rings. The summed E-state index contributed by atoms with van der Waals surface area (Å²) in [4.78, 5) is 4.49. The van der Waals surface area contributed by atoms with Crippen LogP contribution in [0.3, 0.4) is 0 Å². The Morgan fingerprint density at radius 2 is 2.06 bits per heavy atom. The van der Waals surface area contributed by atoms with Gasteiger partial charge in [0.05, 0.1) is 5.69 Å². The van der Waals surface area contributed by atoms with Crippen molar-refractivity contribution in [3.05, 3.63) is 29.3 Å². The van der Waals surface area contributed by atoms with Crippen molar-refractivity contribution in [3.63, 3.8) is 0 Å². The molecule has 5 heteroatoms. The predicted octanol–water partition coefficient (Wildman–Crippen LogP) is 2.72. The number of benzene rings is 1. The molecule has 1 aromatic carbocycles. The third-order valence-corrected chi connectivity index (χ3v) is 3.41. The van der Waals surface area contributed by atoms with E-state index in [2.05, 4.69) is 24.1 Å². The molecule has 0 fully saturated rings. The van der Waals surface area contributed by atoms with Crippen molar-refractivity contribution >= 4 is 11.3 Å². The zero-order valence-corrected chi connectivity index (χ0v) is 11.2. The molecule has 0 saturated carbocycles. The van der Waals surface area contributed by atoms with E-state index in [0.717, 1.165) is 22.8 Å². The lowest BCUT2D eigenvalue weighted by atomic mass is 10.2. The number of nitrogens with zero attached hydrogens (tertiary/aromatic N) is 1. The fourth-order valence-electron chi connectivity index (χ4n) is 1.49. The second-order valence-corrected chi connectivity index (χ2v) is 5.24. The largest absolute Gasteiger partial charge is 0.504 e. The van der Waals surface area contributed by atoms with E-state index in [4.69, 9.17) is 0 Å². The predicted molar refractivity (Wildman–Crippen MR) is 72.9 cm³/mol. The summed E-state index contributed by atoms with van der Waals surface area (Å²) in [6, 6.07) is 5.16. The van der Waals surface area contributed by atoms with Crippen molar-refractivity contribution in [1.29, 1.82) is 0 Å². The Balaban J connectivity index is 2.16. The standard InChI is InChI=1S/C13H16N2O2S/c1-8(2)14-6-10-7-18-13(15-10)9-3-4-11(16)12(17)5-9/h3-5,7-8,14,16-17H,6H2,1-2H3. The van der Waals surface area contributed by atoms with Crippen LogP contribution < -0.4 is 5.32 Å². The Labute approximate surface area is 110 Å². The molecule has 96 valence electrons. The summed E-state index contributed by atoms with van der Waals surface area (Å²) >= 11 is 1.53. The fraction of sp³-hybridized carbons (Fsp3) is 0.308. The van der Waals surface area contributed by atoms with E-state index in [9.17, 15) is 10.2 Å². The fourth-order valence-corrected chi connectivity index (χ4v) is 2.30. The number of rotatable bonds is 4. The van der Waals surface area contributed by atoms with Crippen LogP contribution in [0.25, 0.3) is 10.6 Å². The molecule has 0 atom stereocenters. The highest BCUT2D eigenvalue weighted by Crippen LogP contribution is 2.31. The van der Waals surface area contributed by atoms with Gasteiger partial charge in [-0.1, -0.05) is 13.8 Å². The average molecular weight is 264 g/mol. The molecule has 0 aliphatic carbocycles. The number of nitrogens with one attached hydrogen (secondary N) is 1. The van der Waals surface area contributed by atoms with Crippen molar-refractivity contribution in [2.45, 2.75) is 26.4 Å². The Kier molecular flexibility index (Phi) is 3.84. The third-order valence-electron chi connectivity index (χ3n) is 2.47. The van der Waals surface area contributed by atoms with Crippen LogP contribution in [0.15, 0.2) is 23.6 Å². The van der Waals surface area contributed by atoms with Crippen molar-refractivity contribution < 1.29 is 10.2 Å². The van der Waals surface area contributed by atoms with Crippen LogP contribution in [0.1, 0.15) is 19.5 Å². The molecular formula is C13H16N2O2S. The normalized spacial score (nSPS) is 11.1. The summed E-state index contributed by atoms with van der Waals surface area (Å²) in [5, 5.41) is 24.9. The van der Waals surface area contributed by atoms with Gasteiger partial charge in [-0.25, -0.2) is 4.98 Å². The van der Waals surface area contributed by atoms with Gasteiger partial charge >= 0.3 is 0 Å². The van der Waals surface area contributed by atoms with E-state index >= 15 is 0 Å². The van der Waals surface area contributed by atoms with E-state index in [1.807, 2.05) is 5.38 Å². The number of thiazole rings is 1. The van der Waals surface area contributed by atoms with E-state index in [1.165, 1.54) is 23.5 Å². The summed E-state index contributed by atoms with van der Waals surface area (Å²) in [5.74, 6) is -0.235. The Hall–Kier alpha value is -1.59. The third kappa shape index (κ3) is 3.00. The van der Waals surface area contributed by atoms with Gasteiger partial charge in [0, 0.05) is 23.5 Å². The van der Waals surface area contributed by atoms with Crippen LogP contribution in [0.4, 0.5) is 0 Å². The van der Waals surface area contributed by atoms with Crippen LogP contribution >= 0.6 is 11.3 Å². The zero-order valence-electron chi connectivity index (χ0n) is 10.3. The van der Waals surface area contributed by atoms with Gasteiger partial charge in [0.25, 0.3) is 0 Å². The molecule has 0 amide bonds. The zero-order chi connectivity index (χ0) is 13.1. The molecular weight excluding hydrogens is 248 g/mol. The van der Waals surface area contributed by atoms with Crippen molar-refractivity contribution in [2.75, 3.05) is 0 Å². The van der Waals surface area contributed by atoms with Crippen LogP contribution in [0.2, 0.25) is 0 Å². The number of hydrogen-bond acceptors (Lipinski definition) is 5. The number of aromatic hydroxyl groups is 2. The Morgan fingerprint density at radius 3 is 2.72 bits per heavy atom. The smallest absolute Gasteiger partial charge is 0.158 e. The van der Waals surface area contributed by atoms with Gasteiger partial charge in [0.2, 0.25) is 0 Å². The molecule has 1 heterocycles. The lowest BCUT2D eigenvalue weighted by Gasteiger charge is -2.04. The summed E-state index contributed by atoms with van der Waals surface area (Å²) in [6.07, 6.45) is 0. The molecule has 0 aliphatic heterocycles. The second kappa shape index (κ2) is 5.37. The van der Waals surface area contributed by atoms with Crippen LogP contribution in [0, 0.1) is 0 Å². The second-order valence-electron chi connectivity index (χ2n) is 4.38. The maximum Gasteiger partial charge on any atom is 0.158 e. The highest BCUT2D eigenvalue weighted by molar-refractivity contribution is 7.13. The van der Waals surface area contributed by atoms with Crippen LogP contribution in [-0.2, 0) is 6.54 Å². The Bertz CT molecular complexity index is 538. The van der Waals surface area contributed by atoms with Crippen molar-refractivity contribution in [1.82, 2.24) is 10.3 Å². The molecule has 0 spiro atoms. The van der Waals surface area contributed by atoms with E-state index in [0.29, 0.717) is 6.04 Å². The van der Waals surface area contributed by atoms with Gasteiger partial charge in [-0.05, 0) is 18.2 Å². The van der Waals surface area contributed by atoms with Gasteiger partial charge in [-0.3, -0.25) is 0 Å². The SMILES string of the molecule is CC(C)NCc1csc(-c2ccc(O)c(O)c2)n1. The molecule has 0 radical (unpaired) electrons. The summed E-state index contributed by atoms with van der Waals surface area (Å²) < 4.78 is 0. The van der Waals surface area contributed by atoms with E-state index in [1.54, 1.807) is 6.07 Å². The first-order valence-corrected chi connectivity index (χ1v) is 6.64. The first-order chi connectivity index (χ1) is 8.56. The van der Waals surface area contributed by atoms with Gasteiger partial charge < -0.3 is 15.5 Å². The average Bonchev–Trinajstić information content (AvgIpc) is 2.79. The number of aromatic nitrogens is 1. The first-order valence-electron chi connectivity index (χ1n) is 5.76. The maximum absolute atomic E-state index is 9.46. The lowest BCUT2D eigenvalue weighted by Crippen LogP contribution is -2.21. The summed E-state index contributed by atoms with van der Waals surface area (Å²) in [6.45, 7) is 4.91. The first kappa shape index (κ1) is 12.9. The molecule has 0 saturated heterocycles. The topological polar surface area (TPSA) is 65.4 Å². The van der Waals surface area contributed by atoms with E-state index < -0.39 is 0 Å². The van der Waals surface area contributed by atoms with Gasteiger partial charge in [0.1, 0.15) is 5.01 Å². The molecule has 0 unspecified atom stereocenters. The molecule has 0 aliphatic rings. The Morgan fingerprint density at radius 1 is 1.28 bits per heavy atom. The minimum absolute atomic E-state index is 0.114. The molecule has 18 heavy (non-hydrogen) atoms. The minimum atomic E-state index is -0.121. The van der Waals surface area contributed by atoms with Crippen LogP contribution in [0.5, 0.6) is 11.5 Å². The molecule has 0 bridgehead atoms. The summed E-state index contributed by atoms with van der Waals surface area (Å²) in [5.41, 5.74) is 1.79. The molecule has 4 nitrogen and oxygen atoms in total. The van der Waals surface area contributed by atoms with Gasteiger partial charge in [-0.15, -0.1) is 11.3 Å². The number of hydrogen-bond donors (Lipinski definition) is 3. The van der Waals surface area contributed by atoms with Crippen molar-refractivity contribution in [2.24, 2.45) is 0 Å². The highest BCUT2D eigenvalue weighted by atomic mass is 32.1. The summed E-state index contributed by atoms with van der Waals surface area (Å²) in [7, 11) is 0. The number of phenolic OH excluding ortho intramolecular Hbond substituents is 2.